The van der Waals surface area contributed by atoms with E-state index in [4.69, 9.17) is 0 Å². The van der Waals surface area contributed by atoms with Crippen molar-refractivity contribution in [3.63, 3.8) is 0 Å². The number of hydrogen-bond acceptors (Lipinski definition) is 4. The molecule has 1 heterocycles. The molecule has 1 aromatic carbocycles. The van der Waals surface area contributed by atoms with Gasteiger partial charge in [-0.3, -0.25) is 15.0 Å². The van der Waals surface area contributed by atoms with Gasteiger partial charge in [-0.1, -0.05) is 18.2 Å². The summed E-state index contributed by atoms with van der Waals surface area (Å²) in [4.78, 5) is 13.0. The largest absolute Gasteiger partial charge is 0.316 e. The van der Waals surface area contributed by atoms with Crippen molar-refractivity contribution < 1.29 is 4.92 Å². The molecule has 1 aliphatic heterocycles. The van der Waals surface area contributed by atoms with Crippen molar-refractivity contribution in [3.8, 4) is 0 Å². The van der Waals surface area contributed by atoms with Gasteiger partial charge in [-0.15, -0.1) is 0 Å². The monoisotopic (exact) mass is 277 g/mol. The van der Waals surface area contributed by atoms with E-state index in [2.05, 4.69) is 17.3 Å². The van der Waals surface area contributed by atoms with Gasteiger partial charge >= 0.3 is 0 Å². The second kappa shape index (κ2) is 6.81. The van der Waals surface area contributed by atoms with E-state index < -0.39 is 0 Å². The van der Waals surface area contributed by atoms with Crippen LogP contribution in [-0.4, -0.2) is 36.5 Å². The molecule has 1 saturated heterocycles. The molecule has 2 rings (SSSR count). The predicted octanol–water partition coefficient (Wildman–Crippen LogP) is 2.59. The number of benzene rings is 1. The van der Waals surface area contributed by atoms with Crippen LogP contribution in [0.5, 0.6) is 0 Å². The number of rotatable bonds is 5. The molecular weight excluding hydrogens is 254 g/mol. The van der Waals surface area contributed by atoms with E-state index >= 15 is 0 Å². The molecule has 2 atom stereocenters. The molecule has 0 bridgehead atoms. The van der Waals surface area contributed by atoms with Gasteiger partial charge in [0, 0.05) is 24.2 Å². The molecule has 20 heavy (non-hydrogen) atoms. The molecule has 0 radical (unpaired) electrons. The summed E-state index contributed by atoms with van der Waals surface area (Å²) in [5.41, 5.74) is 1.01. The first kappa shape index (κ1) is 14.9. The zero-order chi connectivity index (χ0) is 14.5. The molecule has 0 spiro atoms. The summed E-state index contributed by atoms with van der Waals surface area (Å²) in [6.07, 6.45) is 2.46. The van der Waals surface area contributed by atoms with Crippen molar-refractivity contribution >= 4 is 5.69 Å². The van der Waals surface area contributed by atoms with Crippen LogP contribution in [0.15, 0.2) is 24.3 Å². The topological polar surface area (TPSA) is 58.4 Å². The van der Waals surface area contributed by atoms with Crippen molar-refractivity contribution in [1.82, 2.24) is 10.2 Å². The molecule has 110 valence electrons. The van der Waals surface area contributed by atoms with Crippen LogP contribution in [0.4, 0.5) is 5.69 Å². The van der Waals surface area contributed by atoms with Crippen LogP contribution < -0.4 is 5.32 Å². The number of nitro groups is 1. The van der Waals surface area contributed by atoms with Gasteiger partial charge in [-0.25, -0.2) is 0 Å². The lowest BCUT2D eigenvalue weighted by molar-refractivity contribution is -0.385. The summed E-state index contributed by atoms with van der Waals surface area (Å²) in [7, 11) is 2.05. The fourth-order valence-corrected chi connectivity index (χ4v) is 2.89. The van der Waals surface area contributed by atoms with E-state index in [9.17, 15) is 10.1 Å². The smallest absolute Gasteiger partial charge is 0.274 e. The Balaban J connectivity index is 2.06. The molecule has 5 heteroatoms. The van der Waals surface area contributed by atoms with Crippen LogP contribution in [0, 0.1) is 16.0 Å². The Morgan fingerprint density at radius 2 is 2.25 bits per heavy atom. The number of hydrogen-bond donors (Lipinski definition) is 1. The van der Waals surface area contributed by atoms with Gasteiger partial charge in [-0.05, 0) is 45.8 Å². The third kappa shape index (κ3) is 3.55. The highest BCUT2D eigenvalue weighted by atomic mass is 16.6. The van der Waals surface area contributed by atoms with E-state index in [0.717, 1.165) is 25.2 Å². The predicted molar refractivity (Wildman–Crippen MR) is 79.7 cm³/mol. The summed E-state index contributed by atoms with van der Waals surface area (Å²) in [5.74, 6) is 0.638. The Bertz CT molecular complexity index is 458. The highest BCUT2D eigenvalue weighted by Gasteiger charge is 2.23. The minimum Gasteiger partial charge on any atom is -0.316 e. The fourth-order valence-electron chi connectivity index (χ4n) is 2.89. The Morgan fingerprint density at radius 1 is 1.50 bits per heavy atom. The summed E-state index contributed by atoms with van der Waals surface area (Å²) in [6.45, 7) is 5.17. The zero-order valence-electron chi connectivity index (χ0n) is 12.2. The molecule has 5 nitrogen and oxygen atoms in total. The summed E-state index contributed by atoms with van der Waals surface area (Å²) < 4.78 is 0. The van der Waals surface area contributed by atoms with Gasteiger partial charge < -0.3 is 5.32 Å². The number of para-hydroxylation sites is 1. The number of piperidine rings is 1. The number of nitro benzene ring substituents is 1. The maximum Gasteiger partial charge on any atom is 0.274 e. The van der Waals surface area contributed by atoms with Gasteiger partial charge in [0.1, 0.15) is 0 Å². The Labute approximate surface area is 120 Å². The normalized spacial score (nSPS) is 20.9. The van der Waals surface area contributed by atoms with Gasteiger partial charge in [0.25, 0.3) is 5.69 Å². The van der Waals surface area contributed by atoms with E-state index in [0.29, 0.717) is 5.92 Å². The van der Waals surface area contributed by atoms with Gasteiger partial charge in [0.05, 0.1) is 4.92 Å². The van der Waals surface area contributed by atoms with Crippen molar-refractivity contribution in [2.24, 2.45) is 5.92 Å². The Kier molecular flexibility index (Phi) is 5.09. The molecular formula is C15H23N3O2. The summed E-state index contributed by atoms with van der Waals surface area (Å²) in [6, 6.07) is 7.09. The third-order valence-electron chi connectivity index (χ3n) is 4.19. The molecule has 1 aromatic rings. The average Bonchev–Trinajstić information content (AvgIpc) is 2.47. The maximum atomic E-state index is 11.1. The van der Waals surface area contributed by atoms with Crippen LogP contribution in [0.1, 0.15) is 31.4 Å². The van der Waals surface area contributed by atoms with Crippen LogP contribution in [0.3, 0.4) is 0 Å². The molecule has 0 aliphatic carbocycles. The molecule has 0 aromatic heterocycles. The van der Waals surface area contributed by atoms with E-state index in [-0.39, 0.29) is 16.7 Å². The van der Waals surface area contributed by atoms with E-state index in [1.54, 1.807) is 12.1 Å². The molecule has 1 aliphatic rings. The van der Waals surface area contributed by atoms with Gasteiger partial charge in [0.2, 0.25) is 0 Å². The van der Waals surface area contributed by atoms with Crippen LogP contribution in [-0.2, 0) is 0 Å². The lowest BCUT2D eigenvalue weighted by Crippen LogP contribution is -2.37. The summed E-state index contributed by atoms with van der Waals surface area (Å²) in [5, 5.41) is 14.5. The quantitative estimate of drug-likeness (QED) is 0.664. The first-order valence-corrected chi connectivity index (χ1v) is 7.24. The van der Waals surface area contributed by atoms with Crippen molar-refractivity contribution in [2.75, 3.05) is 26.7 Å². The highest BCUT2D eigenvalue weighted by molar-refractivity contribution is 5.41. The van der Waals surface area contributed by atoms with Gasteiger partial charge in [0.15, 0.2) is 0 Å². The second-order valence-electron chi connectivity index (χ2n) is 5.64. The van der Waals surface area contributed by atoms with E-state index in [1.165, 1.54) is 12.8 Å². The maximum absolute atomic E-state index is 11.1. The van der Waals surface area contributed by atoms with E-state index in [1.807, 2.05) is 19.1 Å². The highest BCUT2D eigenvalue weighted by Crippen LogP contribution is 2.28. The standard InChI is InChI=1S/C15H23N3O2/c1-12(14-7-3-4-8-15(14)18(19)20)17(2)11-13-6-5-9-16-10-13/h3-4,7-8,12-13,16H,5-6,9-11H2,1-2H3. The lowest BCUT2D eigenvalue weighted by Gasteiger charge is -2.31. The zero-order valence-corrected chi connectivity index (χ0v) is 12.2. The number of nitrogens with one attached hydrogen (secondary N) is 1. The first-order valence-electron chi connectivity index (χ1n) is 7.24. The van der Waals surface area contributed by atoms with Crippen molar-refractivity contribution in [1.29, 1.82) is 0 Å². The third-order valence-corrected chi connectivity index (χ3v) is 4.19. The SMILES string of the molecule is CC(c1ccccc1[N+](=O)[O-])N(C)CC1CCCNC1. The number of nitrogens with zero attached hydrogens (tertiary/aromatic N) is 2. The van der Waals surface area contributed by atoms with Crippen LogP contribution in [0.25, 0.3) is 0 Å². The van der Waals surface area contributed by atoms with Crippen LogP contribution in [0.2, 0.25) is 0 Å². The summed E-state index contributed by atoms with van der Waals surface area (Å²) >= 11 is 0. The minimum absolute atomic E-state index is 0.0542. The molecule has 2 unspecified atom stereocenters. The molecule has 0 saturated carbocycles. The molecule has 1 N–H and O–H groups in total. The van der Waals surface area contributed by atoms with Crippen molar-refractivity contribution in [2.45, 2.75) is 25.8 Å². The van der Waals surface area contributed by atoms with Gasteiger partial charge in [-0.2, -0.15) is 0 Å². The first-order chi connectivity index (χ1) is 9.59. The lowest BCUT2D eigenvalue weighted by atomic mass is 9.97. The minimum atomic E-state index is -0.290. The fraction of sp³-hybridized carbons (Fsp3) is 0.600. The molecule has 1 fully saturated rings. The van der Waals surface area contributed by atoms with Crippen molar-refractivity contribution in [3.05, 3.63) is 39.9 Å². The average molecular weight is 277 g/mol. The second-order valence-corrected chi connectivity index (χ2v) is 5.64. The van der Waals surface area contributed by atoms with Crippen LogP contribution >= 0.6 is 0 Å². The Morgan fingerprint density at radius 3 is 2.90 bits per heavy atom. The molecule has 0 amide bonds. The Hall–Kier alpha value is -1.46.